The third-order valence-corrected chi connectivity index (χ3v) is 4.85. The molecule has 2 N–H and O–H groups in total. The number of rotatable bonds is 7. The number of carbonyl (C=O) groups excluding carboxylic acids is 3. The van der Waals surface area contributed by atoms with Gasteiger partial charge in [0, 0.05) is 6.04 Å². The van der Waals surface area contributed by atoms with Crippen LogP contribution in [0.4, 0.5) is 4.79 Å². The lowest BCUT2D eigenvalue weighted by molar-refractivity contribution is -0.148. The van der Waals surface area contributed by atoms with Crippen molar-refractivity contribution in [3.05, 3.63) is 29.8 Å². The highest BCUT2D eigenvalue weighted by atomic mass is 16.5. The maximum atomic E-state index is 11.8. The Morgan fingerprint density at radius 2 is 1.69 bits per heavy atom. The van der Waals surface area contributed by atoms with Crippen molar-refractivity contribution in [2.75, 3.05) is 13.2 Å². The number of hydrogen-bond donors (Lipinski definition) is 2. The number of nitrogens with one attached hydrogen (secondary N) is 2. The first-order valence-electron chi connectivity index (χ1n) is 10.2. The Morgan fingerprint density at radius 3 is 2.31 bits per heavy atom. The van der Waals surface area contributed by atoms with Crippen molar-refractivity contribution in [3.63, 3.8) is 0 Å². The molecule has 1 fully saturated rings. The van der Waals surface area contributed by atoms with Crippen LogP contribution in [-0.2, 0) is 19.7 Å². The summed E-state index contributed by atoms with van der Waals surface area (Å²) < 4.78 is 10.4. The third-order valence-electron chi connectivity index (χ3n) is 4.85. The van der Waals surface area contributed by atoms with Crippen molar-refractivity contribution in [2.24, 2.45) is 0 Å². The van der Waals surface area contributed by atoms with Gasteiger partial charge in [-0.1, -0.05) is 52.2 Å². The largest absolute Gasteiger partial charge is 0.493 e. The molecule has 0 aliphatic heterocycles. The van der Waals surface area contributed by atoms with Crippen LogP contribution in [0.25, 0.3) is 0 Å². The SMILES string of the molecule is CC(C)(C)c1ccc(OCCC(=O)OCC(=O)NC(=O)NC2CCCCC2)cc1. The van der Waals surface area contributed by atoms with Crippen molar-refractivity contribution in [1.82, 2.24) is 10.6 Å². The van der Waals surface area contributed by atoms with Crippen LogP contribution in [-0.4, -0.2) is 37.2 Å². The highest BCUT2D eigenvalue weighted by Gasteiger charge is 2.17. The van der Waals surface area contributed by atoms with Crippen molar-refractivity contribution in [1.29, 1.82) is 0 Å². The summed E-state index contributed by atoms with van der Waals surface area (Å²) in [7, 11) is 0. The van der Waals surface area contributed by atoms with Gasteiger partial charge in [-0.2, -0.15) is 0 Å². The second-order valence-electron chi connectivity index (χ2n) is 8.39. The molecule has 2 rings (SSSR count). The lowest BCUT2D eigenvalue weighted by Gasteiger charge is -2.22. The van der Waals surface area contributed by atoms with Crippen LogP contribution in [0.2, 0.25) is 0 Å². The van der Waals surface area contributed by atoms with E-state index in [0.29, 0.717) is 5.75 Å². The highest BCUT2D eigenvalue weighted by Crippen LogP contribution is 2.24. The average Bonchev–Trinajstić information content (AvgIpc) is 2.67. The molecule has 0 spiro atoms. The Kier molecular flexibility index (Phi) is 8.49. The Labute approximate surface area is 172 Å². The Bertz CT molecular complexity index is 688. The van der Waals surface area contributed by atoms with Crippen molar-refractivity contribution in [3.8, 4) is 5.75 Å². The van der Waals surface area contributed by atoms with Crippen molar-refractivity contribution >= 4 is 17.9 Å². The van der Waals surface area contributed by atoms with E-state index in [1.54, 1.807) is 0 Å². The van der Waals surface area contributed by atoms with Crippen LogP contribution >= 0.6 is 0 Å². The van der Waals surface area contributed by atoms with Crippen LogP contribution in [0.5, 0.6) is 5.75 Å². The molecule has 7 nitrogen and oxygen atoms in total. The first-order chi connectivity index (χ1) is 13.7. The molecule has 0 aromatic heterocycles. The first-order valence-corrected chi connectivity index (χ1v) is 10.2. The van der Waals surface area contributed by atoms with Gasteiger partial charge in [-0.15, -0.1) is 0 Å². The van der Waals surface area contributed by atoms with Crippen LogP contribution in [0, 0.1) is 0 Å². The molecular formula is C22H32N2O5. The van der Waals surface area contributed by atoms with Crippen molar-refractivity contribution < 1.29 is 23.9 Å². The first kappa shape index (κ1) is 22.7. The number of hydrogen-bond acceptors (Lipinski definition) is 5. The summed E-state index contributed by atoms with van der Waals surface area (Å²) in [5, 5.41) is 4.96. The fourth-order valence-electron chi connectivity index (χ4n) is 3.15. The summed E-state index contributed by atoms with van der Waals surface area (Å²) in [6.45, 7) is 6.06. The Morgan fingerprint density at radius 1 is 1.03 bits per heavy atom. The molecule has 1 aromatic rings. The summed E-state index contributed by atoms with van der Waals surface area (Å²) in [6, 6.07) is 7.29. The van der Waals surface area contributed by atoms with Gasteiger partial charge in [-0.3, -0.25) is 14.9 Å². The summed E-state index contributed by atoms with van der Waals surface area (Å²) in [4.78, 5) is 35.2. The van der Waals surface area contributed by atoms with Crippen molar-refractivity contribution in [2.45, 2.75) is 70.8 Å². The number of amides is 3. The van der Waals surface area contributed by atoms with Gasteiger partial charge < -0.3 is 14.8 Å². The second kappa shape index (κ2) is 10.8. The van der Waals surface area contributed by atoms with E-state index in [9.17, 15) is 14.4 Å². The molecule has 29 heavy (non-hydrogen) atoms. The molecule has 1 aliphatic rings. The van der Waals surface area contributed by atoms with E-state index in [-0.39, 0.29) is 24.5 Å². The van der Waals surface area contributed by atoms with E-state index >= 15 is 0 Å². The lowest BCUT2D eigenvalue weighted by atomic mass is 9.87. The molecule has 0 radical (unpaired) electrons. The summed E-state index contributed by atoms with van der Waals surface area (Å²) in [6.07, 6.45) is 5.22. The number of benzene rings is 1. The predicted molar refractivity (Wildman–Crippen MR) is 110 cm³/mol. The van der Waals surface area contributed by atoms with E-state index in [1.165, 1.54) is 12.0 Å². The minimum Gasteiger partial charge on any atom is -0.493 e. The monoisotopic (exact) mass is 404 g/mol. The van der Waals surface area contributed by atoms with Gasteiger partial charge in [-0.05, 0) is 36.0 Å². The van der Waals surface area contributed by atoms with E-state index in [2.05, 4.69) is 31.4 Å². The average molecular weight is 405 g/mol. The molecule has 0 bridgehead atoms. The Hall–Kier alpha value is -2.57. The molecule has 7 heteroatoms. The molecular weight excluding hydrogens is 372 g/mol. The van der Waals surface area contributed by atoms with Gasteiger partial charge >= 0.3 is 12.0 Å². The zero-order chi connectivity index (χ0) is 21.3. The lowest BCUT2D eigenvalue weighted by Crippen LogP contribution is -2.46. The van der Waals surface area contributed by atoms with Crippen LogP contribution in [0.1, 0.15) is 64.9 Å². The maximum Gasteiger partial charge on any atom is 0.321 e. The predicted octanol–water partition coefficient (Wildman–Crippen LogP) is 3.45. The van der Waals surface area contributed by atoms with Gasteiger partial charge in [0.15, 0.2) is 6.61 Å². The van der Waals surface area contributed by atoms with Crippen LogP contribution in [0.15, 0.2) is 24.3 Å². The molecule has 1 aliphatic carbocycles. The number of ether oxygens (including phenoxy) is 2. The fourth-order valence-corrected chi connectivity index (χ4v) is 3.15. The smallest absolute Gasteiger partial charge is 0.321 e. The molecule has 160 valence electrons. The topological polar surface area (TPSA) is 93.7 Å². The molecule has 1 aromatic carbocycles. The maximum absolute atomic E-state index is 11.8. The molecule has 0 heterocycles. The molecule has 0 atom stereocenters. The molecule has 1 saturated carbocycles. The van der Waals surface area contributed by atoms with Crippen LogP contribution < -0.4 is 15.4 Å². The van der Waals surface area contributed by atoms with Gasteiger partial charge in [0.25, 0.3) is 5.91 Å². The normalized spacial score (nSPS) is 14.7. The summed E-state index contributed by atoms with van der Waals surface area (Å²) in [5.74, 6) is -0.535. The number of urea groups is 1. The molecule has 3 amide bonds. The minimum absolute atomic E-state index is 0.0164. The van der Waals surface area contributed by atoms with E-state index in [0.717, 1.165) is 25.7 Å². The van der Waals surface area contributed by atoms with Gasteiger partial charge in [-0.25, -0.2) is 4.79 Å². The quantitative estimate of drug-likeness (QED) is 0.679. The van der Waals surface area contributed by atoms with E-state index in [4.69, 9.17) is 9.47 Å². The number of imide groups is 1. The van der Waals surface area contributed by atoms with Gasteiger partial charge in [0.1, 0.15) is 5.75 Å². The highest BCUT2D eigenvalue weighted by molar-refractivity contribution is 5.95. The number of carbonyl (C=O) groups is 3. The fraction of sp³-hybridized carbons (Fsp3) is 0.591. The standard InChI is InChI=1S/C22H32N2O5/c1-22(2,3)16-9-11-18(12-10-16)28-14-13-20(26)29-15-19(25)24-21(27)23-17-7-5-4-6-8-17/h9-12,17H,4-8,13-15H2,1-3H3,(H2,23,24,25,27). The number of esters is 1. The molecule has 0 unspecified atom stereocenters. The van der Waals surface area contributed by atoms with E-state index in [1.807, 2.05) is 24.3 Å². The molecule has 0 saturated heterocycles. The summed E-state index contributed by atoms with van der Waals surface area (Å²) in [5.41, 5.74) is 1.26. The Balaban J connectivity index is 1.60. The van der Waals surface area contributed by atoms with E-state index < -0.39 is 24.5 Å². The zero-order valence-corrected chi connectivity index (χ0v) is 17.6. The zero-order valence-electron chi connectivity index (χ0n) is 17.6. The van der Waals surface area contributed by atoms with Crippen LogP contribution in [0.3, 0.4) is 0 Å². The third kappa shape index (κ3) is 8.54. The van der Waals surface area contributed by atoms with Gasteiger partial charge in [0.2, 0.25) is 0 Å². The minimum atomic E-state index is -0.648. The van der Waals surface area contributed by atoms with Gasteiger partial charge in [0.05, 0.1) is 13.0 Å². The summed E-state index contributed by atoms with van der Waals surface area (Å²) >= 11 is 0. The second-order valence-corrected chi connectivity index (χ2v) is 8.39.